The van der Waals surface area contributed by atoms with Crippen molar-refractivity contribution in [3.8, 4) is 0 Å². The molecule has 0 amide bonds. The van der Waals surface area contributed by atoms with E-state index < -0.39 is 5.97 Å². The number of carbonyl (C=O) groups is 1. The second-order valence-corrected chi connectivity index (χ2v) is 3.42. The first kappa shape index (κ1) is 10.1. The summed E-state index contributed by atoms with van der Waals surface area (Å²) in [7, 11) is 0. The van der Waals surface area contributed by atoms with E-state index in [0.717, 1.165) is 18.5 Å². The van der Waals surface area contributed by atoms with Gasteiger partial charge in [-0.25, -0.2) is 9.78 Å². The second kappa shape index (κ2) is 4.32. The number of thioether (sulfide) groups is 1. The summed E-state index contributed by atoms with van der Waals surface area (Å²) in [5.74, 6) is -0.958. The predicted molar refractivity (Wildman–Crippen MR) is 51.3 cm³/mol. The zero-order valence-corrected chi connectivity index (χ0v) is 8.44. The molecule has 0 fully saturated rings. The van der Waals surface area contributed by atoms with Crippen molar-refractivity contribution in [2.75, 3.05) is 6.26 Å². The van der Waals surface area contributed by atoms with E-state index in [1.807, 2.05) is 13.2 Å². The van der Waals surface area contributed by atoms with Gasteiger partial charge in [-0.05, 0) is 12.7 Å². The number of hydrogen-bond donors (Lipinski definition) is 2. The lowest BCUT2D eigenvalue weighted by atomic mass is 10.2. The summed E-state index contributed by atoms with van der Waals surface area (Å²) in [5.41, 5.74) is 0.880. The normalized spacial score (nSPS) is 10.3. The van der Waals surface area contributed by atoms with Gasteiger partial charge in [0.2, 0.25) is 0 Å². The highest BCUT2D eigenvalue weighted by molar-refractivity contribution is 7.98. The zero-order chi connectivity index (χ0) is 9.84. The fraction of sp³-hybridized carbons (Fsp3) is 0.500. The molecule has 0 aliphatic rings. The second-order valence-electron chi connectivity index (χ2n) is 2.63. The fourth-order valence-electron chi connectivity index (χ4n) is 1.09. The van der Waals surface area contributed by atoms with Crippen molar-refractivity contribution in [1.29, 1.82) is 0 Å². The SMILES string of the molecule is CCCc1[nH]c(SC)nc1C(=O)O. The summed E-state index contributed by atoms with van der Waals surface area (Å²) in [6, 6.07) is 0. The molecule has 0 atom stereocenters. The fourth-order valence-corrected chi connectivity index (χ4v) is 1.50. The molecule has 0 aliphatic carbocycles. The van der Waals surface area contributed by atoms with Gasteiger partial charge < -0.3 is 10.1 Å². The van der Waals surface area contributed by atoms with Crippen LogP contribution in [0.5, 0.6) is 0 Å². The number of H-pyrrole nitrogens is 1. The summed E-state index contributed by atoms with van der Waals surface area (Å²) >= 11 is 1.42. The highest BCUT2D eigenvalue weighted by Gasteiger charge is 2.14. The Labute approximate surface area is 80.8 Å². The highest BCUT2D eigenvalue weighted by Crippen LogP contribution is 2.15. The van der Waals surface area contributed by atoms with Crippen molar-refractivity contribution in [3.63, 3.8) is 0 Å². The highest BCUT2D eigenvalue weighted by atomic mass is 32.2. The molecular weight excluding hydrogens is 188 g/mol. The number of imidazole rings is 1. The molecule has 0 spiro atoms. The molecule has 0 bridgehead atoms. The molecule has 1 aromatic rings. The Kier molecular flexibility index (Phi) is 3.36. The number of aryl methyl sites for hydroxylation is 1. The van der Waals surface area contributed by atoms with E-state index in [4.69, 9.17) is 5.11 Å². The molecule has 0 aromatic carbocycles. The molecule has 1 aromatic heterocycles. The van der Waals surface area contributed by atoms with E-state index in [0.29, 0.717) is 5.16 Å². The Morgan fingerprint density at radius 2 is 2.38 bits per heavy atom. The summed E-state index contributed by atoms with van der Waals surface area (Å²) < 4.78 is 0. The van der Waals surface area contributed by atoms with Crippen LogP contribution < -0.4 is 0 Å². The van der Waals surface area contributed by atoms with E-state index in [2.05, 4.69) is 9.97 Å². The van der Waals surface area contributed by atoms with Crippen LogP contribution in [-0.2, 0) is 6.42 Å². The Bertz CT molecular complexity index is 309. The number of carboxylic acid groups (broad SMARTS) is 1. The Morgan fingerprint density at radius 3 is 2.85 bits per heavy atom. The average molecular weight is 200 g/mol. The van der Waals surface area contributed by atoms with E-state index in [9.17, 15) is 4.79 Å². The van der Waals surface area contributed by atoms with Crippen molar-refractivity contribution in [2.45, 2.75) is 24.9 Å². The molecule has 13 heavy (non-hydrogen) atoms. The third kappa shape index (κ3) is 2.24. The molecule has 2 N–H and O–H groups in total. The van der Waals surface area contributed by atoms with Crippen molar-refractivity contribution in [3.05, 3.63) is 11.4 Å². The number of nitrogens with one attached hydrogen (secondary N) is 1. The smallest absolute Gasteiger partial charge is 0.356 e. The monoisotopic (exact) mass is 200 g/mol. The van der Waals surface area contributed by atoms with Crippen LogP contribution in [0.3, 0.4) is 0 Å². The number of hydrogen-bond acceptors (Lipinski definition) is 3. The quantitative estimate of drug-likeness (QED) is 0.727. The molecule has 5 heteroatoms. The van der Waals surface area contributed by atoms with Gasteiger partial charge in [-0.3, -0.25) is 0 Å². The lowest BCUT2D eigenvalue weighted by molar-refractivity contribution is 0.0689. The van der Waals surface area contributed by atoms with Crippen molar-refractivity contribution < 1.29 is 9.90 Å². The minimum Gasteiger partial charge on any atom is -0.476 e. The van der Waals surface area contributed by atoms with Crippen LogP contribution in [0.4, 0.5) is 0 Å². The molecule has 0 saturated heterocycles. The first-order chi connectivity index (χ1) is 6.19. The van der Waals surface area contributed by atoms with Crippen LogP contribution in [0.2, 0.25) is 0 Å². The Balaban J connectivity index is 3.00. The van der Waals surface area contributed by atoms with Gasteiger partial charge in [0.25, 0.3) is 0 Å². The molecule has 0 radical (unpaired) electrons. The summed E-state index contributed by atoms with van der Waals surface area (Å²) in [5, 5.41) is 9.48. The molecule has 72 valence electrons. The summed E-state index contributed by atoms with van der Waals surface area (Å²) in [6.45, 7) is 2.01. The minimum absolute atomic E-state index is 0.159. The first-order valence-corrected chi connectivity index (χ1v) is 5.27. The zero-order valence-electron chi connectivity index (χ0n) is 7.63. The molecule has 1 heterocycles. The van der Waals surface area contributed by atoms with E-state index >= 15 is 0 Å². The van der Waals surface area contributed by atoms with Crippen molar-refractivity contribution in [1.82, 2.24) is 9.97 Å². The predicted octanol–water partition coefficient (Wildman–Crippen LogP) is 1.78. The van der Waals surface area contributed by atoms with Gasteiger partial charge in [-0.2, -0.15) is 0 Å². The number of aromatic amines is 1. The molecule has 0 saturated carbocycles. The van der Waals surface area contributed by atoms with E-state index in [1.165, 1.54) is 11.8 Å². The third-order valence-electron chi connectivity index (χ3n) is 1.65. The van der Waals surface area contributed by atoms with E-state index in [1.54, 1.807) is 0 Å². The number of rotatable bonds is 4. The molecule has 1 rings (SSSR count). The van der Waals surface area contributed by atoms with Crippen molar-refractivity contribution >= 4 is 17.7 Å². The summed E-state index contributed by atoms with van der Waals surface area (Å²) in [6.07, 6.45) is 3.51. The molecule has 0 aliphatic heterocycles. The van der Waals surface area contributed by atoms with Crippen LogP contribution in [0.15, 0.2) is 5.16 Å². The molecule has 4 nitrogen and oxygen atoms in total. The standard InChI is InChI=1S/C8H12N2O2S/c1-3-4-5-6(7(11)12)10-8(9-5)13-2/h3-4H2,1-2H3,(H,9,10)(H,11,12). The van der Waals surface area contributed by atoms with E-state index in [-0.39, 0.29) is 5.69 Å². The Morgan fingerprint density at radius 1 is 1.69 bits per heavy atom. The van der Waals surface area contributed by atoms with Crippen molar-refractivity contribution in [2.24, 2.45) is 0 Å². The number of carboxylic acids is 1. The Hall–Kier alpha value is -0.970. The number of aromatic carboxylic acids is 1. The van der Waals surface area contributed by atoms with Gasteiger partial charge in [0.1, 0.15) is 0 Å². The van der Waals surface area contributed by atoms with Crippen LogP contribution in [-0.4, -0.2) is 27.3 Å². The van der Waals surface area contributed by atoms with Gasteiger partial charge in [-0.15, -0.1) is 0 Å². The average Bonchev–Trinajstić information content (AvgIpc) is 2.48. The molecular formula is C8H12N2O2S. The van der Waals surface area contributed by atoms with Crippen LogP contribution in [0.25, 0.3) is 0 Å². The van der Waals surface area contributed by atoms with Gasteiger partial charge in [0.05, 0.1) is 5.69 Å². The largest absolute Gasteiger partial charge is 0.476 e. The summed E-state index contributed by atoms with van der Waals surface area (Å²) in [4.78, 5) is 17.7. The lowest BCUT2D eigenvalue weighted by Crippen LogP contribution is -2.01. The maximum Gasteiger partial charge on any atom is 0.356 e. The minimum atomic E-state index is -0.958. The number of nitrogens with zero attached hydrogens (tertiary/aromatic N) is 1. The topological polar surface area (TPSA) is 66.0 Å². The van der Waals surface area contributed by atoms with Gasteiger partial charge in [0.15, 0.2) is 10.9 Å². The maximum absolute atomic E-state index is 10.7. The van der Waals surface area contributed by atoms with Gasteiger partial charge in [0, 0.05) is 0 Å². The van der Waals surface area contributed by atoms with Crippen LogP contribution in [0.1, 0.15) is 29.5 Å². The molecule has 0 unspecified atom stereocenters. The number of aromatic nitrogens is 2. The van der Waals surface area contributed by atoms with Gasteiger partial charge >= 0.3 is 5.97 Å². The maximum atomic E-state index is 10.7. The lowest BCUT2D eigenvalue weighted by Gasteiger charge is -1.93. The van der Waals surface area contributed by atoms with Crippen LogP contribution >= 0.6 is 11.8 Å². The van der Waals surface area contributed by atoms with Gasteiger partial charge in [-0.1, -0.05) is 25.1 Å². The third-order valence-corrected chi connectivity index (χ3v) is 2.23. The first-order valence-electron chi connectivity index (χ1n) is 4.05. The van der Waals surface area contributed by atoms with Crippen LogP contribution in [0, 0.1) is 0 Å².